The van der Waals surface area contributed by atoms with Gasteiger partial charge in [-0.2, -0.15) is 5.10 Å². The third kappa shape index (κ3) is 1.89. The zero-order chi connectivity index (χ0) is 14.8. The molecule has 5 rings (SSSR count). The van der Waals surface area contributed by atoms with Crippen molar-refractivity contribution < 1.29 is 4.79 Å². The van der Waals surface area contributed by atoms with Crippen molar-refractivity contribution in [2.75, 3.05) is 11.1 Å². The number of carbonyl (C=O) groups excluding carboxylic acids is 1. The highest BCUT2D eigenvalue weighted by molar-refractivity contribution is 5.97. The van der Waals surface area contributed by atoms with Gasteiger partial charge in [0.2, 0.25) is 5.91 Å². The minimum Gasteiger partial charge on any atom is -0.394 e. The summed E-state index contributed by atoms with van der Waals surface area (Å²) in [7, 11) is 0. The lowest BCUT2D eigenvalue weighted by Crippen LogP contribution is -2.55. The fourth-order valence-electron chi connectivity index (χ4n) is 5.76. The van der Waals surface area contributed by atoms with Crippen LogP contribution in [-0.2, 0) is 4.79 Å². The Morgan fingerprint density at radius 2 is 2.00 bits per heavy atom. The van der Waals surface area contributed by atoms with Crippen molar-refractivity contribution in [2.24, 2.45) is 22.7 Å². The molecule has 1 aromatic rings. The molecule has 1 heterocycles. The van der Waals surface area contributed by atoms with Crippen molar-refractivity contribution >= 4 is 17.4 Å². The SMILES string of the molecule is Cc1[nH]nc(NC(=O)C23CC4CC(CC(C)(C4)C2)C3)c1N. The van der Waals surface area contributed by atoms with E-state index in [0.717, 1.165) is 36.8 Å². The predicted octanol–water partition coefficient (Wildman–Crippen LogP) is 2.85. The number of aryl methyl sites for hydroxylation is 1. The zero-order valence-electron chi connectivity index (χ0n) is 12.8. The maximum atomic E-state index is 12.9. The summed E-state index contributed by atoms with van der Waals surface area (Å²) in [6.07, 6.45) is 7.07. The Kier molecular flexibility index (Phi) is 2.52. The first-order valence-electron chi connectivity index (χ1n) is 8.01. The number of rotatable bonds is 2. The molecule has 0 spiro atoms. The summed E-state index contributed by atoms with van der Waals surface area (Å²) in [6, 6.07) is 0. The predicted molar refractivity (Wildman–Crippen MR) is 81.6 cm³/mol. The molecule has 4 aliphatic carbocycles. The molecule has 0 aliphatic heterocycles. The van der Waals surface area contributed by atoms with E-state index >= 15 is 0 Å². The van der Waals surface area contributed by atoms with Crippen LogP contribution in [0.1, 0.15) is 51.1 Å². The molecule has 0 radical (unpaired) electrons. The van der Waals surface area contributed by atoms with Gasteiger partial charge in [0.25, 0.3) is 0 Å². The van der Waals surface area contributed by atoms with Gasteiger partial charge < -0.3 is 11.1 Å². The Morgan fingerprint density at radius 3 is 2.52 bits per heavy atom. The van der Waals surface area contributed by atoms with Crippen LogP contribution in [-0.4, -0.2) is 16.1 Å². The lowest BCUT2D eigenvalue weighted by molar-refractivity contribution is -0.149. The number of nitrogens with one attached hydrogen (secondary N) is 2. The Bertz CT molecular complexity index is 591. The van der Waals surface area contributed by atoms with E-state index < -0.39 is 0 Å². The maximum Gasteiger partial charge on any atom is 0.231 e. The number of aromatic nitrogens is 2. The fraction of sp³-hybridized carbons (Fsp3) is 0.750. The van der Waals surface area contributed by atoms with Gasteiger partial charge in [0, 0.05) is 0 Å². The molecule has 2 unspecified atom stereocenters. The van der Waals surface area contributed by atoms with Gasteiger partial charge in [-0.25, -0.2) is 0 Å². The number of carbonyl (C=O) groups is 1. The lowest BCUT2D eigenvalue weighted by atomic mass is 9.44. The fourth-order valence-corrected chi connectivity index (χ4v) is 5.76. The van der Waals surface area contributed by atoms with Crippen molar-refractivity contribution in [3.63, 3.8) is 0 Å². The van der Waals surface area contributed by atoms with Gasteiger partial charge in [-0.3, -0.25) is 9.89 Å². The monoisotopic (exact) mass is 288 g/mol. The van der Waals surface area contributed by atoms with E-state index in [9.17, 15) is 4.79 Å². The smallest absolute Gasteiger partial charge is 0.231 e. The number of aromatic amines is 1. The molecule has 0 saturated heterocycles. The topological polar surface area (TPSA) is 83.8 Å². The molecule has 4 aliphatic rings. The number of H-pyrrole nitrogens is 1. The minimum atomic E-state index is -0.182. The van der Waals surface area contributed by atoms with Crippen LogP contribution in [0, 0.1) is 29.6 Å². The van der Waals surface area contributed by atoms with E-state index in [1.165, 1.54) is 19.3 Å². The molecule has 1 amide bonds. The number of nitrogens with two attached hydrogens (primary N) is 1. The standard InChI is InChI=1S/C16H24N4O/c1-9-12(17)13(20-19-9)18-14(21)16-6-10-3-11(7-16)5-15(2,4-10)8-16/h10-11H,3-8,17H2,1-2H3,(H2,18,19,20,21). The Hall–Kier alpha value is -1.52. The Balaban J connectivity index is 1.61. The second-order valence-electron chi connectivity index (χ2n) is 8.12. The maximum absolute atomic E-state index is 12.9. The van der Waals surface area contributed by atoms with Crippen LogP contribution in [0.3, 0.4) is 0 Å². The molecule has 114 valence electrons. The number of nitrogen functional groups attached to an aromatic ring is 1. The molecule has 4 bridgehead atoms. The first-order valence-corrected chi connectivity index (χ1v) is 8.01. The second kappa shape index (κ2) is 4.02. The zero-order valence-corrected chi connectivity index (χ0v) is 12.8. The molecule has 0 aromatic carbocycles. The summed E-state index contributed by atoms with van der Waals surface area (Å²) >= 11 is 0. The highest BCUT2D eigenvalue weighted by Crippen LogP contribution is 2.65. The lowest BCUT2D eigenvalue weighted by Gasteiger charge is -2.60. The van der Waals surface area contributed by atoms with Crippen LogP contribution in [0.5, 0.6) is 0 Å². The third-order valence-electron chi connectivity index (χ3n) is 6.06. The van der Waals surface area contributed by atoms with E-state index in [-0.39, 0.29) is 11.3 Å². The summed E-state index contributed by atoms with van der Waals surface area (Å²) in [5, 5.41) is 9.95. The Labute approximate surface area is 125 Å². The van der Waals surface area contributed by atoms with Crippen LogP contribution < -0.4 is 11.1 Å². The van der Waals surface area contributed by atoms with E-state index in [4.69, 9.17) is 5.73 Å². The number of amides is 1. The number of nitrogens with zero attached hydrogens (tertiary/aromatic N) is 1. The largest absolute Gasteiger partial charge is 0.394 e. The van der Waals surface area contributed by atoms with Gasteiger partial charge in [-0.05, 0) is 62.7 Å². The minimum absolute atomic E-state index is 0.140. The molecular formula is C16H24N4O. The van der Waals surface area contributed by atoms with E-state index in [0.29, 0.717) is 16.9 Å². The van der Waals surface area contributed by atoms with Gasteiger partial charge in [0.15, 0.2) is 5.82 Å². The molecular weight excluding hydrogens is 264 g/mol. The molecule has 2 atom stereocenters. The third-order valence-corrected chi connectivity index (χ3v) is 6.06. The molecule has 4 saturated carbocycles. The average molecular weight is 288 g/mol. The highest BCUT2D eigenvalue weighted by atomic mass is 16.2. The van der Waals surface area contributed by atoms with Crippen molar-refractivity contribution in [2.45, 2.75) is 52.4 Å². The summed E-state index contributed by atoms with van der Waals surface area (Å²) in [6.45, 7) is 4.24. The molecule has 21 heavy (non-hydrogen) atoms. The van der Waals surface area contributed by atoms with Crippen LogP contribution >= 0.6 is 0 Å². The molecule has 4 fully saturated rings. The molecule has 5 nitrogen and oxygen atoms in total. The molecule has 1 aromatic heterocycles. The van der Waals surface area contributed by atoms with Crippen molar-refractivity contribution in [3.05, 3.63) is 5.69 Å². The number of anilines is 2. The van der Waals surface area contributed by atoms with E-state index in [1.807, 2.05) is 6.92 Å². The second-order valence-corrected chi connectivity index (χ2v) is 8.12. The molecule has 5 heteroatoms. The van der Waals surface area contributed by atoms with Gasteiger partial charge in [0.05, 0.1) is 16.8 Å². The quantitative estimate of drug-likeness (QED) is 0.782. The number of hydrogen-bond donors (Lipinski definition) is 3. The number of hydrogen-bond acceptors (Lipinski definition) is 3. The van der Waals surface area contributed by atoms with Gasteiger partial charge in [0.1, 0.15) is 0 Å². The summed E-state index contributed by atoms with van der Waals surface area (Å²) in [5.74, 6) is 2.11. The van der Waals surface area contributed by atoms with Crippen molar-refractivity contribution in [1.82, 2.24) is 10.2 Å². The average Bonchev–Trinajstić information content (AvgIpc) is 2.68. The van der Waals surface area contributed by atoms with Crippen molar-refractivity contribution in [3.8, 4) is 0 Å². The first kappa shape index (κ1) is 13.2. The highest BCUT2D eigenvalue weighted by Gasteiger charge is 2.58. The first-order chi connectivity index (χ1) is 9.89. The normalized spacial score (nSPS) is 40.5. The summed E-state index contributed by atoms with van der Waals surface area (Å²) in [4.78, 5) is 12.9. The van der Waals surface area contributed by atoms with Crippen LogP contribution in [0.4, 0.5) is 11.5 Å². The summed E-state index contributed by atoms with van der Waals surface area (Å²) in [5.41, 5.74) is 7.51. The van der Waals surface area contributed by atoms with Gasteiger partial charge in [-0.1, -0.05) is 6.92 Å². The van der Waals surface area contributed by atoms with E-state index in [2.05, 4.69) is 22.4 Å². The van der Waals surface area contributed by atoms with Crippen molar-refractivity contribution in [1.29, 1.82) is 0 Å². The molecule has 4 N–H and O–H groups in total. The van der Waals surface area contributed by atoms with Crippen LogP contribution in [0.2, 0.25) is 0 Å². The van der Waals surface area contributed by atoms with Crippen LogP contribution in [0.25, 0.3) is 0 Å². The van der Waals surface area contributed by atoms with Gasteiger partial charge >= 0.3 is 0 Å². The Morgan fingerprint density at radius 1 is 1.33 bits per heavy atom. The summed E-state index contributed by atoms with van der Waals surface area (Å²) < 4.78 is 0. The van der Waals surface area contributed by atoms with Crippen LogP contribution in [0.15, 0.2) is 0 Å². The van der Waals surface area contributed by atoms with E-state index in [1.54, 1.807) is 0 Å². The van der Waals surface area contributed by atoms with Gasteiger partial charge in [-0.15, -0.1) is 0 Å².